The number of carboxylic acids is 1. The zero-order valence-corrected chi connectivity index (χ0v) is 10.4. The second-order valence-electron chi connectivity index (χ2n) is 4.46. The first-order valence-electron chi connectivity index (χ1n) is 5.88. The number of urea groups is 1. The molecule has 0 radical (unpaired) electrons. The second kappa shape index (κ2) is 5.09. The third-order valence-electron chi connectivity index (χ3n) is 2.98. The summed E-state index contributed by atoms with van der Waals surface area (Å²) in [5, 5.41) is 11.3. The monoisotopic (exact) mass is 262 g/mol. The summed E-state index contributed by atoms with van der Waals surface area (Å²) in [5.41, 5.74) is 1.22. The van der Waals surface area contributed by atoms with Crippen LogP contribution in [0.4, 0.5) is 10.5 Å². The molecule has 0 saturated carbocycles. The zero-order valence-electron chi connectivity index (χ0n) is 10.4. The third-order valence-corrected chi connectivity index (χ3v) is 2.98. The fourth-order valence-corrected chi connectivity index (χ4v) is 2.03. The van der Waals surface area contributed by atoms with Gasteiger partial charge in [0.25, 0.3) is 0 Å². The molecule has 100 valence electrons. The van der Waals surface area contributed by atoms with Crippen molar-refractivity contribution in [3.8, 4) is 0 Å². The van der Waals surface area contributed by atoms with Gasteiger partial charge in [-0.15, -0.1) is 0 Å². The highest BCUT2D eigenvalue weighted by Gasteiger charge is 2.30. The second-order valence-corrected chi connectivity index (χ2v) is 4.46. The van der Waals surface area contributed by atoms with E-state index in [1.807, 2.05) is 0 Å². The normalized spacial score (nSPS) is 18.3. The van der Waals surface area contributed by atoms with E-state index in [0.717, 1.165) is 0 Å². The molecule has 2 amide bonds. The fraction of sp³-hybridized carbons (Fsp3) is 0.308. The van der Waals surface area contributed by atoms with Crippen molar-refractivity contribution in [1.82, 2.24) is 5.32 Å². The average molecular weight is 262 g/mol. The number of hydrogen-bond donors (Lipinski definition) is 2. The van der Waals surface area contributed by atoms with E-state index in [9.17, 15) is 14.4 Å². The Kier molecular flexibility index (Phi) is 3.50. The van der Waals surface area contributed by atoms with Gasteiger partial charge < -0.3 is 10.4 Å². The van der Waals surface area contributed by atoms with Gasteiger partial charge in [-0.1, -0.05) is 0 Å². The Morgan fingerprint density at radius 2 is 2.00 bits per heavy atom. The standard InChI is InChI=1S/C13H14N2O4/c1-8(16)9-2-4-11(5-3-9)15-7-10(6-12(17)18)14-13(15)19/h2-5,10H,6-7H2,1H3,(H,14,19)(H,17,18). The van der Waals surface area contributed by atoms with Gasteiger partial charge in [0.1, 0.15) is 0 Å². The SMILES string of the molecule is CC(=O)c1ccc(N2CC(CC(=O)O)NC2=O)cc1. The van der Waals surface area contributed by atoms with Crippen molar-refractivity contribution < 1.29 is 19.5 Å². The molecule has 1 aromatic carbocycles. The van der Waals surface area contributed by atoms with Gasteiger partial charge in [-0.25, -0.2) is 4.79 Å². The Morgan fingerprint density at radius 3 is 2.53 bits per heavy atom. The summed E-state index contributed by atoms with van der Waals surface area (Å²) in [5.74, 6) is -0.986. The molecular formula is C13H14N2O4. The Labute approximate surface area is 110 Å². The molecule has 0 aromatic heterocycles. The number of carbonyl (C=O) groups excluding carboxylic acids is 2. The molecule has 2 N–H and O–H groups in total. The van der Waals surface area contributed by atoms with Gasteiger partial charge >= 0.3 is 12.0 Å². The smallest absolute Gasteiger partial charge is 0.322 e. The Hall–Kier alpha value is -2.37. The Morgan fingerprint density at radius 1 is 1.37 bits per heavy atom. The summed E-state index contributed by atoms with van der Waals surface area (Å²) in [6.07, 6.45) is -0.103. The minimum atomic E-state index is -0.945. The highest BCUT2D eigenvalue weighted by Crippen LogP contribution is 2.20. The van der Waals surface area contributed by atoms with Gasteiger partial charge in [-0.2, -0.15) is 0 Å². The topological polar surface area (TPSA) is 86.7 Å². The quantitative estimate of drug-likeness (QED) is 0.800. The summed E-state index contributed by atoms with van der Waals surface area (Å²) in [6, 6.07) is 5.95. The van der Waals surface area contributed by atoms with Crippen molar-refractivity contribution in [1.29, 1.82) is 0 Å². The largest absolute Gasteiger partial charge is 0.481 e. The number of amides is 2. The number of hydrogen-bond acceptors (Lipinski definition) is 3. The summed E-state index contributed by atoms with van der Waals surface area (Å²) < 4.78 is 0. The van der Waals surface area contributed by atoms with E-state index in [1.54, 1.807) is 24.3 Å². The molecule has 0 bridgehead atoms. The summed E-state index contributed by atoms with van der Waals surface area (Å²) in [7, 11) is 0. The van der Waals surface area contributed by atoms with Crippen LogP contribution in [0, 0.1) is 0 Å². The number of aliphatic carboxylic acids is 1. The first-order valence-corrected chi connectivity index (χ1v) is 5.88. The Bertz CT molecular complexity index is 524. The van der Waals surface area contributed by atoms with Crippen LogP contribution in [-0.2, 0) is 4.79 Å². The van der Waals surface area contributed by atoms with Crippen LogP contribution in [0.1, 0.15) is 23.7 Å². The molecule has 1 fully saturated rings. The van der Waals surface area contributed by atoms with Gasteiger partial charge in [0.15, 0.2) is 5.78 Å². The lowest BCUT2D eigenvalue weighted by molar-refractivity contribution is -0.137. The molecule has 1 aromatic rings. The number of carboxylic acid groups (broad SMARTS) is 1. The van der Waals surface area contributed by atoms with Gasteiger partial charge in [0.05, 0.1) is 12.5 Å². The van der Waals surface area contributed by atoms with Crippen molar-refractivity contribution in [2.75, 3.05) is 11.4 Å². The van der Waals surface area contributed by atoms with Crippen LogP contribution in [0.3, 0.4) is 0 Å². The van der Waals surface area contributed by atoms with E-state index in [0.29, 0.717) is 17.8 Å². The number of benzene rings is 1. The van der Waals surface area contributed by atoms with Crippen LogP contribution < -0.4 is 10.2 Å². The molecular weight excluding hydrogens is 248 g/mol. The molecule has 1 heterocycles. The van der Waals surface area contributed by atoms with Crippen LogP contribution in [0.5, 0.6) is 0 Å². The molecule has 19 heavy (non-hydrogen) atoms. The zero-order chi connectivity index (χ0) is 14.0. The highest BCUT2D eigenvalue weighted by atomic mass is 16.4. The molecule has 1 unspecified atom stereocenters. The molecule has 1 aliphatic rings. The molecule has 1 saturated heterocycles. The molecule has 0 spiro atoms. The fourth-order valence-electron chi connectivity index (χ4n) is 2.03. The van der Waals surface area contributed by atoms with E-state index in [4.69, 9.17) is 5.11 Å². The van der Waals surface area contributed by atoms with E-state index < -0.39 is 12.0 Å². The Balaban J connectivity index is 2.11. The predicted molar refractivity (Wildman–Crippen MR) is 68.4 cm³/mol. The highest BCUT2D eigenvalue weighted by molar-refractivity contribution is 5.97. The van der Waals surface area contributed by atoms with Crippen molar-refractivity contribution in [2.24, 2.45) is 0 Å². The first-order chi connectivity index (χ1) is 8.97. The summed E-state index contributed by atoms with van der Waals surface area (Å²) in [4.78, 5) is 35.0. The molecule has 6 nitrogen and oxygen atoms in total. The number of ketones is 1. The van der Waals surface area contributed by atoms with E-state index in [-0.39, 0.29) is 18.2 Å². The lowest BCUT2D eigenvalue weighted by Gasteiger charge is -2.14. The lowest BCUT2D eigenvalue weighted by Crippen LogP contribution is -2.29. The maximum absolute atomic E-state index is 11.7. The third kappa shape index (κ3) is 2.90. The summed E-state index contributed by atoms with van der Waals surface area (Å²) >= 11 is 0. The predicted octanol–water partition coefficient (Wildman–Crippen LogP) is 1.26. The molecule has 1 atom stereocenters. The van der Waals surface area contributed by atoms with Crippen LogP contribution in [0.25, 0.3) is 0 Å². The minimum Gasteiger partial charge on any atom is -0.481 e. The van der Waals surface area contributed by atoms with Gasteiger partial charge in [-0.05, 0) is 31.2 Å². The van der Waals surface area contributed by atoms with Crippen molar-refractivity contribution >= 4 is 23.5 Å². The number of anilines is 1. The van der Waals surface area contributed by atoms with Gasteiger partial charge in [0, 0.05) is 17.8 Å². The summed E-state index contributed by atoms with van der Waals surface area (Å²) in [6.45, 7) is 1.78. The average Bonchev–Trinajstić information content (AvgIpc) is 2.69. The molecule has 1 aliphatic heterocycles. The number of Topliss-reactive ketones (excluding diaryl/α,β-unsaturated/α-hetero) is 1. The van der Waals surface area contributed by atoms with E-state index in [1.165, 1.54) is 11.8 Å². The number of nitrogens with zero attached hydrogens (tertiary/aromatic N) is 1. The lowest BCUT2D eigenvalue weighted by atomic mass is 10.1. The van der Waals surface area contributed by atoms with Crippen molar-refractivity contribution in [3.05, 3.63) is 29.8 Å². The molecule has 0 aliphatic carbocycles. The van der Waals surface area contributed by atoms with Gasteiger partial charge in [0.2, 0.25) is 0 Å². The van der Waals surface area contributed by atoms with Crippen LogP contribution in [-0.4, -0.2) is 35.5 Å². The number of rotatable bonds is 4. The van der Waals surface area contributed by atoms with Crippen LogP contribution in [0.15, 0.2) is 24.3 Å². The first kappa shape index (κ1) is 13.1. The number of carbonyl (C=O) groups is 3. The van der Waals surface area contributed by atoms with E-state index in [2.05, 4.69) is 5.32 Å². The van der Waals surface area contributed by atoms with Crippen molar-refractivity contribution in [2.45, 2.75) is 19.4 Å². The maximum Gasteiger partial charge on any atom is 0.322 e. The van der Waals surface area contributed by atoms with E-state index >= 15 is 0 Å². The minimum absolute atomic E-state index is 0.0406. The number of nitrogens with one attached hydrogen (secondary N) is 1. The van der Waals surface area contributed by atoms with Crippen LogP contribution in [0.2, 0.25) is 0 Å². The van der Waals surface area contributed by atoms with Crippen molar-refractivity contribution in [3.63, 3.8) is 0 Å². The molecule has 2 rings (SSSR count). The van der Waals surface area contributed by atoms with Gasteiger partial charge in [-0.3, -0.25) is 14.5 Å². The molecule has 6 heteroatoms. The van der Waals surface area contributed by atoms with Crippen LogP contribution >= 0.6 is 0 Å². The maximum atomic E-state index is 11.7.